The number of nitrogens with zero attached hydrogens (tertiary/aromatic N) is 1. The van der Waals surface area contributed by atoms with Gasteiger partial charge >= 0.3 is 6.03 Å². The largest absolute Gasteiger partial charge is 0.338 e. The van der Waals surface area contributed by atoms with Crippen LogP contribution < -0.4 is 10.6 Å². The first-order valence-electron chi connectivity index (χ1n) is 9.70. The van der Waals surface area contributed by atoms with E-state index in [1.807, 2.05) is 24.3 Å². The Kier molecular flexibility index (Phi) is 5.39. The van der Waals surface area contributed by atoms with Gasteiger partial charge in [-0.2, -0.15) is 0 Å². The normalized spacial score (nSPS) is 15.0. The zero-order chi connectivity index (χ0) is 18.6. The van der Waals surface area contributed by atoms with Crippen molar-refractivity contribution in [1.29, 1.82) is 0 Å². The molecule has 1 fully saturated rings. The number of aryl methyl sites for hydroxylation is 1. The van der Waals surface area contributed by atoms with Crippen LogP contribution in [0.2, 0.25) is 0 Å². The number of thiazole rings is 1. The molecule has 3 aromatic rings. The molecule has 0 radical (unpaired) electrons. The topological polar surface area (TPSA) is 54.0 Å². The molecule has 2 N–H and O–H groups in total. The summed E-state index contributed by atoms with van der Waals surface area (Å²) in [6, 6.07) is 14.1. The van der Waals surface area contributed by atoms with Gasteiger partial charge in [0, 0.05) is 17.8 Å². The average molecular weight is 380 g/mol. The fourth-order valence-electron chi connectivity index (χ4n) is 3.66. The molecule has 0 spiro atoms. The van der Waals surface area contributed by atoms with E-state index in [9.17, 15) is 4.79 Å². The van der Waals surface area contributed by atoms with Gasteiger partial charge in [0.05, 0.1) is 10.2 Å². The van der Waals surface area contributed by atoms with Crippen LogP contribution in [0.4, 0.5) is 10.5 Å². The molecule has 2 amide bonds. The van der Waals surface area contributed by atoms with Crippen LogP contribution in [0.15, 0.2) is 42.5 Å². The van der Waals surface area contributed by atoms with Crippen molar-refractivity contribution in [2.75, 3.05) is 11.9 Å². The Balaban J connectivity index is 1.37. The molecule has 0 aliphatic heterocycles. The second-order valence-electron chi connectivity index (χ2n) is 7.41. The Bertz CT molecular complexity index is 926. The molecule has 0 saturated heterocycles. The highest BCUT2D eigenvalue weighted by atomic mass is 32.1. The van der Waals surface area contributed by atoms with Crippen molar-refractivity contribution in [3.8, 4) is 10.6 Å². The summed E-state index contributed by atoms with van der Waals surface area (Å²) in [4.78, 5) is 16.8. The number of carbonyl (C=O) groups is 1. The number of rotatable bonds is 4. The van der Waals surface area contributed by atoms with Gasteiger partial charge in [-0.05, 0) is 67.6 Å². The van der Waals surface area contributed by atoms with Crippen LogP contribution in [-0.4, -0.2) is 17.6 Å². The molecule has 4 nitrogen and oxygen atoms in total. The third kappa shape index (κ3) is 4.48. The maximum Gasteiger partial charge on any atom is 0.319 e. The molecule has 1 aliphatic rings. The number of fused-ring (bicyclic) bond motifs is 1. The Morgan fingerprint density at radius 3 is 2.67 bits per heavy atom. The molecule has 140 valence electrons. The third-order valence-electron chi connectivity index (χ3n) is 5.21. The van der Waals surface area contributed by atoms with Crippen LogP contribution in [0.25, 0.3) is 20.8 Å². The minimum Gasteiger partial charge on any atom is -0.338 e. The summed E-state index contributed by atoms with van der Waals surface area (Å²) in [5, 5.41) is 6.94. The summed E-state index contributed by atoms with van der Waals surface area (Å²) in [5.74, 6) is 0.634. The SMILES string of the molecule is Cc1ccc2nc(-c3ccc(NC(=O)NCC4CCCCC4)cc3)sc2c1. The van der Waals surface area contributed by atoms with E-state index in [2.05, 4.69) is 35.8 Å². The van der Waals surface area contributed by atoms with E-state index in [1.165, 1.54) is 42.4 Å². The van der Waals surface area contributed by atoms with E-state index in [4.69, 9.17) is 4.98 Å². The van der Waals surface area contributed by atoms with E-state index < -0.39 is 0 Å². The predicted octanol–water partition coefficient (Wildman–Crippen LogP) is 5.97. The van der Waals surface area contributed by atoms with Crippen LogP contribution >= 0.6 is 11.3 Å². The minimum atomic E-state index is -0.121. The molecule has 0 atom stereocenters. The van der Waals surface area contributed by atoms with E-state index in [1.54, 1.807) is 11.3 Å². The molecule has 0 bridgehead atoms. The Morgan fingerprint density at radius 2 is 1.89 bits per heavy atom. The van der Waals surface area contributed by atoms with Gasteiger partial charge in [0.15, 0.2) is 0 Å². The smallest absolute Gasteiger partial charge is 0.319 e. The van der Waals surface area contributed by atoms with E-state index in [0.29, 0.717) is 5.92 Å². The molecule has 4 rings (SSSR count). The minimum absolute atomic E-state index is 0.121. The summed E-state index contributed by atoms with van der Waals surface area (Å²) in [7, 11) is 0. The Morgan fingerprint density at radius 1 is 1.11 bits per heavy atom. The first kappa shape index (κ1) is 18.0. The molecule has 1 saturated carbocycles. The number of hydrogen-bond donors (Lipinski definition) is 2. The number of hydrogen-bond acceptors (Lipinski definition) is 3. The number of urea groups is 1. The van der Waals surface area contributed by atoms with Gasteiger partial charge in [-0.1, -0.05) is 25.3 Å². The monoisotopic (exact) mass is 379 g/mol. The first-order chi connectivity index (χ1) is 13.2. The van der Waals surface area contributed by atoms with Gasteiger partial charge in [0.2, 0.25) is 0 Å². The highest BCUT2D eigenvalue weighted by molar-refractivity contribution is 7.21. The van der Waals surface area contributed by atoms with Crippen LogP contribution in [0.3, 0.4) is 0 Å². The van der Waals surface area contributed by atoms with Crippen molar-refractivity contribution in [1.82, 2.24) is 10.3 Å². The lowest BCUT2D eigenvalue weighted by atomic mass is 9.89. The van der Waals surface area contributed by atoms with Crippen LogP contribution in [-0.2, 0) is 0 Å². The Hall–Kier alpha value is -2.40. The fraction of sp³-hybridized carbons (Fsp3) is 0.364. The standard InChI is InChI=1S/C22H25N3OS/c1-15-7-12-19-20(13-15)27-21(25-19)17-8-10-18(11-9-17)24-22(26)23-14-16-5-3-2-4-6-16/h7-13,16H,2-6,14H2,1H3,(H2,23,24,26). The molecule has 27 heavy (non-hydrogen) atoms. The lowest BCUT2D eigenvalue weighted by molar-refractivity contribution is 0.247. The Labute approximate surface area is 164 Å². The third-order valence-corrected chi connectivity index (χ3v) is 6.28. The summed E-state index contributed by atoms with van der Waals surface area (Å²) >= 11 is 1.70. The molecular formula is C22H25N3OS. The average Bonchev–Trinajstić information content (AvgIpc) is 3.11. The van der Waals surface area contributed by atoms with E-state index >= 15 is 0 Å². The molecule has 0 unspecified atom stereocenters. The van der Waals surface area contributed by atoms with Crippen molar-refractivity contribution >= 4 is 33.3 Å². The maximum atomic E-state index is 12.1. The second-order valence-corrected chi connectivity index (χ2v) is 8.44. The van der Waals surface area contributed by atoms with Gasteiger partial charge in [-0.3, -0.25) is 0 Å². The van der Waals surface area contributed by atoms with Gasteiger partial charge in [0.25, 0.3) is 0 Å². The molecular weight excluding hydrogens is 354 g/mol. The first-order valence-corrected chi connectivity index (χ1v) is 10.5. The zero-order valence-corrected chi connectivity index (χ0v) is 16.4. The van der Waals surface area contributed by atoms with Crippen molar-refractivity contribution in [2.45, 2.75) is 39.0 Å². The van der Waals surface area contributed by atoms with Crippen LogP contribution in [0, 0.1) is 12.8 Å². The number of amides is 2. The maximum absolute atomic E-state index is 12.1. The van der Waals surface area contributed by atoms with Crippen molar-refractivity contribution in [3.05, 3.63) is 48.0 Å². The highest BCUT2D eigenvalue weighted by Crippen LogP contribution is 2.31. The van der Waals surface area contributed by atoms with Gasteiger partial charge in [-0.15, -0.1) is 11.3 Å². The summed E-state index contributed by atoms with van der Waals surface area (Å²) in [6.45, 7) is 2.87. The quantitative estimate of drug-likeness (QED) is 0.586. The van der Waals surface area contributed by atoms with Gasteiger partial charge in [0.1, 0.15) is 5.01 Å². The number of benzene rings is 2. The van der Waals surface area contributed by atoms with E-state index in [0.717, 1.165) is 28.3 Å². The van der Waals surface area contributed by atoms with Crippen molar-refractivity contribution in [3.63, 3.8) is 0 Å². The van der Waals surface area contributed by atoms with Gasteiger partial charge < -0.3 is 10.6 Å². The predicted molar refractivity (Wildman–Crippen MR) is 113 cm³/mol. The van der Waals surface area contributed by atoms with Crippen LogP contribution in [0.1, 0.15) is 37.7 Å². The molecule has 1 heterocycles. The van der Waals surface area contributed by atoms with Crippen molar-refractivity contribution < 1.29 is 4.79 Å². The zero-order valence-electron chi connectivity index (χ0n) is 15.6. The highest BCUT2D eigenvalue weighted by Gasteiger charge is 2.14. The second kappa shape index (κ2) is 8.09. The van der Waals surface area contributed by atoms with Crippen molar-refractivity contribution in [2.24, 2.45) is 5.92 Å². The summed E-state index contributed by atoms with van der Waals surface area (Å²) in [5.41, 5.74) is 4.15. The lowest BCUT2D eigenvalue weighted by Crippen LogP contribution is -2.33. The van der Waals surface area contributed by atoms with Crippen LogP contribution in [0.5, 0.6) is 0 Å². The number of nitrogens with one attached hydrogen (secondary N) is 2. The molecule has 5 heteroatoms. The number of carbonyl (C=O) groups excluding carboxylic acids is 1. The molecule has 1 aromatic heterocycles. The summed E-state index contributed by atoms with van der Waals surface area (Å²) in [6.07, 6.45) is 6.39. The van der Waals surface area contributed by atoms with Gasteiger partial charge in [-0.25, -0.2) is 9.78 Å². The lowest BCUT2D eigenvalue weighted by Gasteiger charge is -2.21. The molecule has 2 aromatic carbocycles. The number of aromatic nitrogens is 1. The van der Waals surface area contributed by atoms with E-state index in [-0.39, 0.29) is 6.03 Å². The fourth-order valence-corrected chi connectivity index (χ4v) is 4.72. The number of anilines is 1. The molecule has 1 aliphatic carbocycles. The summed E-state index contributed by atoms with van der Waals surface area (Å²) < 4.78 is 1.20.